The molecule has 13 nitrogen and oxygen atoms in total. The molecule has 0 saturated carbocycles. The largest absolute Gasteiger partial charge is 0.479 e. The number of nitrogens with two attached hydrogens (primary N) is 2. The van der Waals surface area contributed by atoms with Crippen molar-refractivity contribution >= 4 is 40.6 Å². The first kappa shape index (κ1) is 22.0. The van der Waals surface area contributed by atoms with Crippen molar-refractivity contribution in [3.63, 3.8) is 0 Å². The number of imidazole rings is 1. The molecule has 1 fully saturated rings. The van der Waals surface area contributed by atoms with Gasteiger partial charge in [0.2, 0.25) is 5.91 Å². The molecule has 0 spiro atoms. The zero-order chi connectivity index (χ0) is 22.8. The number of aliphatic hydroxyl groups excluding tert-OH is 1. The Morgan fingerprint density at radius 3 is 2.88 bits per heavy atom. The van der Waals surface area contributed by atoms with E-state index in [0.717, 1.165) is 5.76 Å². The van der Waals surface area contributed by atoms with E-state index in [-0.39, 0.29) is 22.7 Å². The second-order valence-electron chi connectivity index (χ2n) is 7.09. The van der Waals surface area contributed by atoms with Gasteiger partial charge in [0.25, 0.3) is 0 Å². The van der Waals surface area contributed by atoms with Crippen LogP contribution in [0.15, 0.2) is 35.5 Å². The summed E-state index contributed by atoms with van der Waals surface area (Å²) >= 11 is 1.39. The van der Waals surface area contributed by atoms with E-state index in [2.05, 4.69) is 20.3 Å². The summed E-state index contributed by atoms with van der Waals surface area (Å²) in [6.07, 6.45) is -0.0368. The number of hydrogen-bond acceptors (Lipinski definition) is 11. The molecule has 0 bridgehead atoms. The lowest BCUT2D eigenvalue weighted by molar-refractivity contribution is -0.152. The quantitative estimate of drug-likeness (QED) is 0.275. The molecular formula is C18H21N7O6S. The number of hydrogen-bond donors (Lipinski definition) is 5. The van der Waals surface area contributed by atoms with Gasteiger partial charge in [-0.15, -0.1) is 0 Å². The van der Waals surface area contributed by atoms with Gasteiger partial charge in [-0.05, 0) is 12.1 Å². The molecule has 1 aliphatic heterocycles. The van der Waals surface area contributed by atoms with Gasteiger partial charge < -0.3 is 36.2 Å². The van der Waals surface area contributed by atoms with Crippen molar-refractivity contribution in [1.29, 1.82) is 0 Å². The van der Waals surface area contributed by atoms with Crippen LogP contribution < -0.4 is 16.8 Å². The van der Waals surface area contributed by atoms with Crippen molar-refractivity contribution in [2.45, 2.75) is 36.3 Å². The summed E-state index contributed by atoms with van der Waals surface area (Å²) in [6, 6.07) is 1.39. The fourth-order valence-corrected chi connectivity index (χ4v) is 4.25. The number of aliphatic carboxylic acids is 1. The van der Waals surface area contributed by atoms with Crippen molar-refractivity contribution in [3.05, 3.63) is 36.8 Å². The summed E-state index contributed by atoms with van der Waals surface area (Å²) < 4.78 is 12.1. The molecule has 14 heteroatoms. The van der Waals surface area contributed by atoms with Crippen LogP contribution in [-0.4, -0.2) is 71.7 Å². The van der Waals surface area contributed by atoms with Gasteiger partial charge in [-0.3, -0.25) is 9.36 Å². The third-order valence-electron chi connectivity index (χ3n) is 4.94. The fourth-order valence-electron chi connectivity index (χ4n) is 3.36. The van der Waals surface area contributed by atoms with Crippen LogP contribution in [0.3, 0.4) is 0 Å². The van der Waals surface area contributed by atoms with Gasteiger partial charge in [0.15, 0.2) is 23.8 Å². The third kappa shape index (κ3) is 4.25. The van der Waals surface area contributed by atoms with E-state index in [1.54, 1.807) is 18.4 Å². The Balaban J connectivity index is 1.45. The predicted molar refractivity (Wildman–Crippen MR) is 112 cm³/mol. The average molecular weight is 463 g/mol. The number of nitrogen functional groups attached to an aromatic ring is 1. The van der Waals surface area contributed by atoms with Crippen LogP contribution in [-0.2, 0) is 20.1 Å². The Kier molecular flexibility index (Phi) is 6.27. The van der Waals surface area contributed by atoms with Crippen LogP contribution in [0.2, 0.25) is 0 Å². The molecule has 0 aliphatic carbocycles. The Hall–Kier alpha value is -3.20. The maximum atomic E-state index is 12.6. The number of carboxylic acids is 1. The summed E-state index contributed by atoms with van der Waals surface area (Å²) in [7, 11) is 0. The van der Waals surface area contributed by atoms with Gasteiger partial charge in [0.1, 0.15) is 23.7 Å². The number of furan rings is 1. The van der Waals surface area contributed by atoms with E-state index < -0.39 is 42.4 Å². The van der Waals surface area contributed by atoms with Crippen LogP contribution in [0.5, 0.6) is 0 Å². The minimum Gasteiger partial charge on any atom is -0.479 e. The lowest BCUT2D eigenvalue weighted by Gasteiger charge is -2.22. The first-order valence-corrected chi connectivity index (χ1v) is 10.7. The summed E-state index contributed by atoms with van der Waals surface area (Å²) in [4.78, 5) is 36.3. The molecular weight excluding hydrogens is 442 g/mol. The maximum absolute atomic E-state index is 12.6. The highest BCUT2D eigenvalue weighted by molar-refractivity contribution is 7.98. The maximum Gasteiger partial charge on any atom is 0.335 e. The monoisotopic (exact) mass is 463 g/mol. The number of carbonyl (C=O) groups is 2. The van der Waals surface area contributed by atoms with Gasteiger partial charge in [-0.25, -0.2) is 19.7 Å². The Bertz CT molecular complexity index is 1110. The number of ether oxygens (including phenoxy) is 1. The van der Waals surface area contributed by atoms with Crippen molar-refractivity contribution in [3.8, 4) is 0 Å². The van der Waals surface area contributed by atoms with Gasteiger partial charge in [0.05, 0.1) is 30.4 Å². The minimum absolute atomic E-state index is 0.124. The molecule has 5 atom stereocenters. The number of anilines is 1. The SMILES string of the molecule is Nc1ncnc2c1ncn2[C@@H]1O[C@H](C(=O)O)[C@@H](NC(=O)C(N)CSCc2ccco2)[C@H]1O. The summed E-state index contributed by atoms with van der Waals surface area (Å²) in [5.74, 6) is -0.303. The van der Waals surface area contributed by atoms with Crippen LogP contribution in [0.1, 0.15) is 12.0 Å². The molecule has 4 rings (SSSR count). The molecule has 32 heavy (non-hydrogen) atoms. The lowest BCUT2D eigenvalue weighted by Crippen LogP contribution is -2.54. The third-order valence-corrected chi connectivity index (χ3v) is 6.03. The van der Waals surface area contributed by atoms with Crippen LogP contribution in [0, 0.1) is 0 Å². The molecule has 0 radical (unpaired) electrons. The molecule has 170 valence electrons. The van der Waals surface area contributed by atoms with Crippen LogP contribution >= 0.6 is 11.8 Å². The van der Waals surface area contributed by atoms with E-state index in [1.807, 2.05) is 0 Å². The predicted octanol–water partition coefficient (Wildman–Crippen LogP) is -0.910. The highest BCUT2D eigenvalue weighted by Crippen LogP contribution is 2.32. The normalized spacial score (nSPS) is 23.9. The zero-order valence-electron chi connectivity index (χ0n) is 16.6. The minimum atomic E-state index is -1.52. The first-order chi connectivity index (χ1) is 15.4. The average Bonchev–Trinajstić information content (AvgIpc) is 3.49. The molecule has 1 saturated heterocycles. The number of aromatic nitrogens is 4. The Morgan fingerprint density at radius 2 is 2.16 bits per heavy atom. The number of thioether (sulfide) groups is 1. The number of aliphatic hydroxyl groups is 1. The first-order valence-electron chi connectivity index (χ1n) is 9.52. The summed E-state index contributed by atoms with van der Waals surface area (Å²) in [5, 5.41) is 22.9. The summed E-state index contributed by atoms with van der Waals surface area (Å²) in [6.45, 7) is 0. The molecule has 1 aliphatic rings. The van der Waals surface area contributed by atoms with Crippen molar-refractivity contribution in [2.24, 2.45) is 5.73 Å². The molecule has 7 N–H and O–H groups in total. The van der Waals surface area contributed by atoms with Crippen LogP contribution in [0.25, 0.3) is 11.2 Å². The van der Waals surface area contributed by atoms with Gasteiger partial charge in [-0.1, -0.05) is 0 Å². The van der Waals surface area contributed by atoms with Crippen molar-refractivity contribution < 1.29 is 29.0 Å². The molecule has 1 amide bonds. The number of carbonyl (C=O) groups excluding carboxylic acids is 1. The van der Waals surface area contributed by atoms with E-state index in [9.17, 15) is 19.8 Å². The fraction of sp³-hybridized carbons (Fsp3) is 0.389. The molecule has 1 unspecified atom stereocenters. The molecule has 4 heterocycles. The van der Waals surface area contributed by atoms with Gasteiger partial charge in [0, 0.05) is 5.75 Å². The lowest BCUT2D eigenvalue weighted by atomic mass is 10.1. The topological polar surface area (TPSA) is 205 Å². The van der Waals surface area contributed by atoms with E-state index >= 15 is 0 Å². The second kappa shape index (κ2) is 9.12. The number of fused-ring (bicyclic) bond motifs is 1. The number of amides is 1. The molecule has 3 aromatic rings. The smallest absolute Gasteiger partial charge is 0.335 e. The second-order valence-corrected chi connectivity index (χ2v) is 8.12. The number of nitrogens with zero attached hydrogens (tertiary/aromatic N) is 4. The van der Waals surface area contributed by atoms with E-state index in [1.165, 1.54) is 29.0 Å². The Labute approximate surface area is 185 Å². The molecule has 0 aromatic carbocycles. The van der Waals surface area contributed by atoms with E-state index in [0.29, 0.717) is 5.75 Å². The number of rotatable bonds is 8. The number of nitrogens with one attached hydrogen (secondary N) is 1. The summed E-state index contributed by atoms with van der Waals surface area (Å²) in [5.41, 5.74) is 12.2. The van der Waals surface area contributed by atoms with Crippen molar-refractivity contribution in [2.75, 3.05) is 11.5 Å². The Morgan fingerprint density at radius 1 is 1.34 bits per heavy atom. The van der Waals surface area contributed by atoms with Gasteiger partial charge in [-0.2, -0.15) is 11.8 Å². The highest BCUT2D eigenvalue weighted by atomic mass is 32.2. The van der Waals surface area contributed by atoms with Gasteiger partial charge >= 0.3 is 5.97 Å². The highest BCUT2D eigenvalue weighted by Gasteiger charge is 2.49. The zero-order valence-corrected chi connectivity index (χ0v) is 17.4. The van der Waals surface area contributed by atoms with E-state index in [4.69, 9.17) is 20.6 Å². The standard InChI is InChI=1S/C18H21N7O6S/c19-9(5-32-4-8-2-1-3-30-8)16(27)24-10-12(26)17(31-13(10)18(28)29)25-7-23-11-14(20)21-6-22-15(11)25/h1-3,6-7,9-10,12-13,17,26H,4-5,19H2,(H,24,27)(H,28,29)(H2,20,21,22)/t9?,10-,12+,13-,17+/m0/s1. The molecule has 3 aromatic heterocycles. The number of carboxylic acid groups (broad SMARTS) is 1. The van der Waals surface area contributed by atoms with Crippen molar-refractivity contribution in [1.82, 2.24) is 24.8 Å². The van der Waals surface area contributed by atoms with Crippen LogP contribution in [0.4, 0.5) is 5.82 Å².